The molecule has 0 unspecified atom stereocenters. The minimum atomic E-state index is -3.77. The van der Waals surface area contributed by atoms with Crippen molar-refractivity contribution in [3.8, 4) is 0 Å². The average Bonchev–Trinajstić information content (AvgIpc) is 3.27. The van der Waals surface area contributed by atoms with Gasteiger partial charge < -0.3 is 0 Å². The lowest BCUT2D eigenvalue weighted by Gasteiger charge is -2.19. The zero-order valence-corrected chi connectivity index (χ0v) is 19.2. The summed E-state index contributed by atoms with van der Waals surface area (Å²) in [5.74, 6) is -0.489. The molecule has 0 atom stereocenters. The Kier molecular flexibility index (Phi) is 6.52. The van der Waals surface area contributed by atoms with Gasteiger partial charge in [-0.25, -0.2) is 8.42 Å². The number of hydrogen-bond acceptors (Lipinski definition) is 5. The number of thiophene rings is 1. The molecule has 0 radical (unpaired) electrons. The number of hydrazine groups is 1. The van der Waals surface area contributed by atoms with Crippen LogP contribution in [0.5, 0.6) is 0 Å². The fourth-order valence-corrected chi connectivity index (χ4v) is 4.90. The topological polar surface area (TPSA) is 87.3 Å². The van der Waals surface area contributed by atoms with Crippen LogP contribution in [-0.2, 0) is 15.4 Å². The number of carbonyl (C=O) groups is 1. The van der Waals surface area contributed by atoms with Crippen molar-refractivity contribution in [1.82, 2.24) is 10.9 Å². The highest BCUT2D eigenvalue weighted by Gasteiger charge is 2.19. The second-order valence-electron chi connectivity index (χ2n) is 7.97. The van der Waals surface area contributed by atoms with E-state index in [4.69, 9.17) is 0 Å². The number of rotatable bonds is 7. The Bertz CT molecular complexity index is 1180. The van der Waals surface area contributed by atoms with E-state index in [0.29, 0.717) is 5.70 Å². The minimum absolute atomic E-state index is 0.0433. The smallest absolute Gasteiger partial charge is 0.271 e. The zero-order valence-electron chi connectivity index (χ0n) is 17.6. The molecule has 31 heavy (non-hydrogen) atoms. The molecule has 8 heteroatoms. The Morgan fingerprint density at radius 2 is 1.61 bits per heavy atom. The van der Waals surface area contributed by atoms with Crippen LogP contribution in [-0.4, -0.2) is 14.3 Å². The van der Waals surface area contributed by atoms with Crippen LogP contribution in [0.1, 0.15) is 42.3 Å². The average molecular weight is 456 g/mol. The summed E-state index contributed by atoms with van der Waals surface area (Å²) < 4.78 is 27.7. The van der Waals surface area contributed by atoms with Crippen molar-refractivity contribution in [1.29, 1.82) is 0 Å². The van der Waals surface area contributed by atoms with Crippen LogP contribution in [0.25, 0.3) is 5.70 Å². The van der Waals surface area contributed by atoms with Crippen molar-refractivity contribution < 1.29 is 13.2 Å². The SMILES string of the molecule is C=C(NNC(=O)c1ccccc1NS(=O)(=O)c1cccs1)c1ccc(C(C)(C)C)cc1. The van der Waals surface area contributed by atoms with Gasteiger partial charge in [0.2, 0.25) is 0 Å². The second kappa shape index (κ2) is 8.95. The highest BCUT2D eigenvalue weighted by molar-refractivity contribution is 7.94. The molecule has 1 heterocycles. The van der Waals surface area contributed by atoms with Crippen LogP contribution in [0.2, 0.25) is 0 Å². The number of benzene rings is 2. The first-order valence-corrected chi connectivity index (χ1v) is 12.0. The van der Waals surface area contributed by atoms with Crippen LogP contribution in [0.4, 0.5) is 5.69 Å². The van der Waals surface area contributed by atoms with Gasteiger partial charge in [0.1, 0.15) is 4.21 Å². The molecule has 162 valence electrons. The highest BCUT2D eigenvalue weighted by atomic mass is 32.2. The van der Waals surface area contributed by atoms with E-state index in [1.165, 1.54) is 11.6 Å². The summed E-state index contributed by atoms with van der Waals surface area (Å²) in [6, 6.07) is 17.5. The molecule has 0 bridgehead atoms. The van der Waals surface area contributed by atoms with Crippen molar-refractivity contribution in [2.45, 2.75) is 30.4 Å². The lowest BCUT2D eigenvalue weighted by atomic mass is 9.86. The molecule has 0 saturated carbocycles. The van der Waals surface area contributed by atoms with Gasteiger partial charge in [-0.1, -0.05) is 69.8 Å². The van der Waals surface area contributed by atoms with Crippen LogP contribution in [0.15, 0.2) is 76.8 Å². The Hall–Kier alpha value is -3.10. The monoisotopic (exact) mass is 455 g/mol. The van der Waals surface area contributed by atoms with Gasteiger partial charge >= 0.3 is 0 Å². The predicted octanol–water partition coefficient (Wildman–Crippen LogP) is 4.75. The van der Waals surface area contributed by atoms with E-state index in [1.54, 1.807) is 35.7 Å². The maximum absolute atomic E-state index is 12.7. The Morgan fingerprint density at radius 1 is 0.935 bits per heavy atom. The van der Waals surface area contributed by atoms with Crippen molar-refractivity contribution >= 4 is 38.7 Å². The maximum Gasteiger partial charge on any atom is 0.271 e. The Labute approximate surface area is 187 Å². The van der Waals surface area contributed by atoms with Gasteiger partial charge in [0, 0.05) is 0 Å². The van der Waals surface area contributed by atoms with Gasteiger partial charge in [0.15, 0.2) is 0 Å². The van der Waals surface area contributed by atoms with E-state index in [9.17, 15) is 13.2 Å². The van der Waals surface area contributed by atoms with Gasteiger partial charge in [-0.15, -0.1) is 11.3 Å². The molecule has 3 N–H and O–H groups in total. The number of carbonyl (C=O) groups excluding carboxylic acids is 1. The molecular formula is C23H25N3O3S2. The normalized spacial score (nSPS) is 11.6. The Morgan fingerprint density at radius 3 is 2.23 bits per heavy atom. The van der Waals surface area contributed by atoms with Gasteiger partial charge in [-0.2, -0.15) is 0 Å². The van der Waals surface area contributed by atoms with E-state index in [0.717, 1.165) is 16.9 Å². The standard InChI is InChI=1S/C23H25N3O3S2/c1-16(17-11-13-18(14-12-17)23(2,3)4)24-25-22(27)19-8-5-6-9-20(19)26-31(28,29)21-10-7-15-30-21/h5-15,24,26H,1H2,2-4H3,(H,25,27). The third-order valence-corrected chi connectivity index (χ3v) is 7.37. The van der Waals surface area contributed by atoms with Gasteiger partial charge in [0.05, 0.1) is 16.9 Å². The van der Waals surface area contributed by atoms with Crippen molar-refractivity contribution in [2.24, 2.45) is 0 Å². The summed E-state index contributed by atoms with van der Waals surface area (Å²) in [6.07, 6.45) is 0. The van der Waals surface area contributed by atoms with E-state index in [2.05, 4.69) is 42.9 Å². The molecule has 0 saturated heterocycles. The van der Waals surface area contributed by atoms with Gasteiger partial charge in [0.25, 0.3) is 15.9 Å². The molecule has 3 rings (SSSR count). The van der Waals surface area contributed by atoms with Crippen LogP contribution in [0.3, 0.4) is 0 Å². The van der Waals surface area contributed by atoms with Crippen LogP contribution in [0, 0.1) is 0 Å². The molecule has 6 nitrogen and oxygen atoms in total. The first kappa shape index (κ1) is 22.6. The summed E-state index contributed by atoms with van der Waals surface area (Å²) in [4.78, 5) is 12.7. The van der Waals surface area contributed by atoms with E-state index >= 15 is 0 Å². The summed E-state index contributed by atoms with van der Waals surface area (Å²) in [5, 5.41) is 1.68. The van der Waals surface area contributed by atoms with Crippen molar-refractivity contribution in [3.05, 3.63) is 89.3 Å². The number of sulfonamides is 1. The summed E-state index contributed by atoms with van der Waals surface area (Å²) in [7, 11) is -3.77. The largest absolute Gasteiger partial charge is 0.298 e. The second-order valence-corrected chi connectivity index (χ2v) is 10.8. The third kappa shape index (κ3) is 5.53. The highest BCUT2D eigenvalue weighted by Crippen LogP contribution is 2.24. The summed E-state index contributed by atoms with van der Waals surface area (Å²) in [5.41, 5.74) is 8.35. The fourth-order valence-electron chi connectivity index (χ4n) is 2.82. The molecule has 0 spiro atoms. The number of hydrogen-bond donors (Lipinski definition) is 3. The molecular weight excluding hydrogens is 430 g/mol. The first-order chi connectivity index (χ1) is 14.6. The fraction of sp³-hybridized carbons (Fsp3) is 0.174. The molecule has 3 aromatic rings. The van der Waals surface area contributed by atoms with Gasteiger partial charge in [-0.3, -0.25) is 20.4 Å². The minimum Gasteiger partial charge on any atom is -0.298 e. The van der Waals surface area contributed by atoms with Crippen molar-refractivity contribution in [3.63, 3.8) is 0 Å². The number of nitrogens with one attached hydrogen (secondary N) is 3. The molecule has 1 aromatic heterocycles. The molecule has 0 aliphatic heterocycles. The zero-order chi connectivity index (χ0) is 22.6. The predicted molar refractivity (Wildman–Crippen MR) is 126 cm³/mol. The molecule has 0 fully saturated rings. The number of anilines is 1. The maximum atomic E-state index is 12.7. The van der Waals surface area contributed by atoms with E-state index in [-0.39, 0.29) is 20.9 Å². The van der Waals surface area contributed by atoms with Crippen LogP contribution >= 0.6 is 11.3 Å². The quantitative estimate of drug-likeness (QED) is 0.449. The third-order valence-electron chi connectivity index (χ3n) is 4.60. The summed E-state index contributed by atoms with van der Waals surface area (Å²) in [6.45, 7) is 10.4. The molecule has 0 aliphatic rings. The lowest BCUT2D eigenvalue weighted by molar-refractivity contribution is 0.0943. The van der Waals surface area contributed by atoms with E-state index < -0.39 is 15.9 Å². The Balaban J connectivity index is 1.69. The molecule has 2 aromatic carbocycles. The first-order valence-electron chi connectivity index (χ1n) is 9.59. The van der Waals surface area contributed by atoms with E-state index in [1.807, 2.05) is 24.3 Å². The number of para-hydroxylation sites is 1. The number of amides is 1. The van der Waals surface area contributed by atoms with Crippen molar-refractivity contribution in [2.75, 3.05) is 4.72 Å². The lowest BCUT2D eigenvalue weighted by Crippen LogP contribution is -2.36. The molecule has 1 amide bonds. The summed E-state index contributed by atoms with van der Waals surface area (Å²) >= 11 is 1.10. The molecule has 0 aliphatic carbocycles. The van der Waals surface area contributed by atoms with Crippen LogP contribution < -0.4 is 15.6 Å². The van der Waals surface area contributed by atoms with Gasteiger partial charge in [-0.05, 0) is 40.1 Å².